The summed E-state index contributed by atoms with van der Waals surface area (Å²) in [6.45, 7) is 0.754. The van der Waals surface area contributed by atoms with Crippen molar-refractivity contribution in [1.82, 2.24) is 9.88 Å². The second-order valence-corrected chi connectivity index (χ2v) is 6.81. The number of anilines is 1. The minimum absolute atomic E-state index is 0.280. The number of aromatic nitrogens is 1. The minimum atomic E-state index is -0.374. The summed E-state index contributed by atoms with van der Waals surface area (Å²) in [5.74, 6) is 0.0553. The van der Waals surface area contributed by atoms with Crippen molar-refractivity contribution in [3.8, 4) is 16.9 Å². The van der Waals surface area contributed by atoms with E-state index in [0.717, 1.165) is 16.7 Å². The highest BCUT2D eigenvalue weighted by Gasteiger charge is 2.13. The van der Waals surface area contributed by atoms with Gasteiger partial charge in [-0.3, -0.25) is 4.98 Å². The Morgan fingerprint density at radius 1 is 1.18 bits per heavy atom. The van der Waals surface area contributed by atoms with Gasteiger partial charge < -0.3 is 20.8 Å². The third kappa shape index (κ3) is 4.72. The van der Waals surface area contributed by atoms with Crippen molar-refractivity contribution in [2.75, 3.05) is 26.4 Å². The Labute approximate surface area is 164 Å². The molecule has 0 aliphatic carbocycles. The molecule has 0 aliphatic heterocycles. The van der Waals surface area contributed by atoms with Gasteiger partial charge in [0.25, 0.3) is 0 Å². The van der Waals surface area contributed by atoms with E-state index in [1.54, 1.807) is 24.5 Å². The largest absolute Gasteiger partial charge is 0.488 e. The van der Waals surface area contributed by atoms with Crippen LogP contribution in [-0.2, 0) is 6.61 Å². The summed E-state index contributed by atoms with van der Waals surface area (Å²) in [6.07, 6.45) is 3.40. The molecule has 0 spiro atoms. The number of likely N-dealkylation sites (N-methyl/N-ethyl adjacent to an activating group) is 1. The molecule has 3 N–H and O–H groups in total. The van der Waals surface area contributed by atoms with Crippen molar-refractivity contribution in [3.05, 3.63) is 77.9 Å². The Kier molecular flexibility index (Phi) is 6.01. The van der Waals surface area contributed by atoms with Crippen LogP contribution in [0, 0.1) is 11.2 Å². The van der Waals surface area contributed by atoms with Crippen LogP contribution < -0.4 is 10.5 Å². The van der Waals surface area contributed by atoms with E-state index in [0.29, 0.717) is 29.3 Å². The van der Waals surface area contributed by atoms with Crippen molar-refractivity contribution >= 4 is 11.4 Å². The Morgan fingerprint density at radius 3 is 2.71 bits per heavy atom. The van der Waals surface area contributed by atoms with Gasteiger partial charge in [-0.05, 0) is 50.0 Å². The zero-order valence-corrected chi connectivity index (χ0v) is 15.9. The minimum Gasteiger partial charge on any atom is -0.488 e. The van der Waals surface area contributed by atoms with E-state index in [4.69, 9.17) is 15.9 Å². The fourth-order valence-electron chi connectivity index (χ4n) is 2.89. The van der Waals surface area contributed by atoms with Crippen molar-refractivity contribution in [3.63, 3.8) is 0 Å². The molecule has 0 unspecified atom stereocenters. The molecule has 5 nitrogen and oxygen atoms in total. The molecule has 0 bridgehead atoms. The third-order valence-electron chi connectivity index (χ3n) is 4.22. The van der Waals surface area contributed by atoms with Crippen LogP contribution in [0.15, 0.2) is 60.9 Å². The first-order valence-electron chi connectivity index (χ1n) is 8.87. The quantitative estimate of drug-likeness (QED) is 0.482. The number of nitrogens with one attached hydrogen (secondary N) is 1. The average Bonchev–Trinajstić information content (AvgIpc) is 2.67. The van der Waals surface area contributed by atoms with E-state index in [1.807, 2.05) is 43.3 Å². The molecule has 6 heteroatoms. The van der Waals surface area contributed by atoms with Gasteiger partial charge in [0.1, 0.15) is 18.2 Å². The van der Waals surface area contributed by atoms with Crippen LogP contribution in [0.4, 0.5) is 10.1 Å². The maximum Gasteiger partial charge on any atom is 0.130 e. The van der Waals surface area contributed by atoms with Crippen LogP contribution in [0.3, 0.4) is 0 Å². The molecule has 28 heavy (non-hydrogen) atoms. The van der Waals surface area contributed by atoms with Crippen LogP contribution in [0.5, 0.6) is 5.75 Å². The molecule has 0 saturated heterocycles. The van der Waals surface area contributed by atoms with E-state index in [9.17, 15) is 4.39 Å². The van der Waals surface area contributed by atoms with Gasteiger partial charge >= 0.3 is 0 Å². The predicted octanol–water partition coefficient (Wildman–Crippen LogP) is 3.98. The fraction of sp³-hybridized carbons (Fsp3) is 0.182. The van der Waals surface area contributed by atoms with E-state index in [2.05, 4.69) is 4.98 Å². The second-order valence-electron chi connectivity index (χ2n) is 6.81. The lowest BCUT2D eigenvalue weighted by Crippen LogP contribution is -2.22. The molecule has 0 amide bonds. The van der Waals surface area contributed by atoms with Gasteiger partial charge in [-0.2, -0.15) is 0 Å². The highest BCUT2D eigenvalue weighted by Crippen LogP contribution is 2.33. The topological polar surface area (TPSA) is 75.2 Å². The molecule has 144 valence electrons. The van der Waals surface area contributed by atoms with E-state index >= 15 is 0 Å². The number of nitrogen functional groups attached to an aromatic ring is 1. The van der Waals surface area contributed by atoms with Crippen LogP contribution >= 0.6 is 0 Å². The second kappa shape index (κ2) is 8.63. The monoisotopic (exact) mass is 378 g/mol. The van der Waals surface area contributed by atoms with Gasteiger partial charge in [-0.1, -0.05) is 12.1 Å². The zero-order chi connectivity index (χ0) is 20.1. The molecule has 1 heterocycles. The standard InChI is InChI=1S/C22H23FN4O/c1-27(2)13-21(25)19-10-16(5-8-20(19)24)18-7-6-17(23)11-22(18)28-14-15-4-3-9-26-12-15/h3-12,25H,13-14,24H2,1-2H3. The summed E-state index contributed by atoms with van der Waals surface area (Å²) in [5, 5.41) is 8.32. The normalized spacial score (nSPS) is 10.9. The summed E-state index contributed by atoms with van der Waals surface area (Å²) in [5.41, 5.74) is 10.1. The van der Waals surface area contributed by atoms with Gasteiger partial charge in [0.15, 0.2) is 0 Å². The summed E-state index contributed by atoms with van der Waals surface area (Å²) >= 11 is 0. The number of nitrogens with two attached hydrogens (primary N) is 1. The summed E-state index contributed by atoms with van der Waals surface area (Å²) in [6, 6.07) is 13.6. The molecule has 2 aromatic carbocycles. The van der Waals surface area contributed by atoms with Gasteiger partial charge in [-0.25, -0.2) is 4.39 Å². The van der Waals surface area contributed by atoms with E-state index in [1.165, 1.54) is 12.1 Å². The number of rotatable bonds is 7. The number of benzene rings is 2. The number of hydrogen-bond acceptors (Lipinski definition) is 5. The molecule has 0 fully saturated rings. The van der Waals surface area contributed by atoms with Crippen molar-refractivity contribution in [1.29, 1.82) is 5.41 Å². The molecule has 0 aliphatic rings. The Hall–Kier alpha value is -3.25. The van der Waals surface area contributed by atoms with Gasteiger partial charge in [0.05, 0.1) is 5.71 Å². The van der Waals surface area contributed by atoms with E-state index in [-0.39, 0.29) is 12.4 Å². The van der Waals surface area contributed by atoms with Gasteiger partial charge in [0.2, 0.25) is 0 Å². The van der Waals surface area contributed by atoms with Crippen LogP contribution in [-0.4, -0.2) is 36.2 Å². The first-order chi connectivity index (χ1) is 13.4. The fourth-order valence-corrected chi connectivity index (χ4v) is 2.89. The molecule has 1 aromatic heterocycles. The highest BCUT2D eigenvalue weighted by molar-refractivity contribution is 6.05. The SMILES string of the molecule is CN(C)CC(=N)c1cc(-c2ccc(F)cc2OCc2cccnc2)ccc1N. The van der Waals surface area contributed by atoms with Crippen LogP contribution in [0.25, 0.3) is 11.1 Å². The summed E-state index contributed by atoms with van der Waals surface area (Å²) in [4.78, 5) is 5.98. The molecular formula is C22H23FN4O. The molecule has 3 rings (SSSR count). The van der Waals surface area contributed by atoms with Gasteiger partial charge in [0, 0.05) is 47.4 Å². The lowest BCUT2D eigenvalue weighted by molar-refractivity contribution is 0.305. The van der Waals surface area contributed by atoms with Crippen molar-refractivity contribution < 1.29 is 9.13 Å². The Balaban J connectivity index is 1.94. The van der Waals surface area contributed by atoms with Crippen molar-refractivity contribution in [2.24, 2.45) is 0 Å². The van der Waals surface area contributed by atoms with Crippen LogP contribution in [0.2, 0.25) is 0 Å². The molecular weight excluding hydrogens is 355 g/mol. The number of halogens is 1. The lowest BCUT2D eigenvalue weighted by Gasteiger charge is -2.16. The lowest BCUT2D eigenvalue weighted by atomic mass is 9.98. The number of nitrogens with zero attached hydrogens (tertiary/aromatic N) is 2. The molecule has 0 saturated carbocycles. The smallest absolute Gasteiger partial charge is 0.130 e. The molecule has 0 radical (unpaired) electrons. The third-order valence-corrected chi connectivity index (χ3v) is 4.22. The first kappa shape index (κ1) is 19.5. The molecule has 3 aromatic rings. The Bertz CT molecular complexity index is 974. The number of pyridine rings is 1. The van der Waals surface area contributed by atoms with Crippen molar-refractivity contribution in [2.45, 2.75) is 6.61 Å². The van der Waals surface area contributed by atoms with Crippen LogP contribution in [0.1, 0.15) is 11.1 Å². The maximum absolute atomic E-state index is 13.9. The Morgan fingerprint density at radius 2 is 2.00 bits per heavy atom. The van der Waals surface area contributed by atoms with Gasteiger partial charge in [-0.15, -0.1) is 0 Å². The average molecular weight is 378 g/mol. The summed E-state index contributed by atoms with van der Waals surface area (Å²) in [7, 11) is 3.80. The maximum atomic E-state index is 13.9. The van der Waals surface area contributed by atoms with E-state index < -0.39 is 0 Å². The number of ether oxygens (including phenoxy) is 1. The zero-order valence-electron chi connectivity index (χ0n) is 15.9. The summed E-state index contributed by atoms with van der Waals surface area (Å²) < 4.78 is 19.7. The first-order valence-corrected chi connectivity index (χ1v) is 8.87. The number of hydrogen-bond donors (Lipinski definition) is 2. The predicted molar refractivity (Wildman–Crippen MR) is 110 cm³/mol. The highest BCUT2D eigenvalue weighted by atomic mass is 19.1. The molecule has 0 atom stereocenters.